The van der Waals surface area contributed by atoms with Gasteiger partial charge in [0, 0.05) is 25.7 Å². The second kappa shape index (κ2) is 8.47. The molecule has 1 aromatic rings. The fourth-order valence-corrected chi connectivity index (χ4v) is 3.25. The number of thioether (sulfide) groups is 1. The SMILES string of the molecule is CCN1CCC(NC(=O)CSc2nnnn2CC(C)C)CC1. The minimum atomic E-state index is 0.0686. The van der Waals surface area contributed by atoms with Gasteiger partial charge < -0.3 is 10.2 Å². The molecule has 0 aliphatic carbocycles. The van der Waals surface area contributed by atoms with Crippen LogP contribution in [0.4, 0.5) is 0 Å². The number of rotatable bonds is 7. The monoisotopic (exact) mass is 326 g/mol. The Morgan fingerprint density at radius 2 is 2.14 bits per heavy atom. The van der Waals surface area contributed by atoms with Crippen molar-refractivity contribution in [2.75, 3.05) is 25.4 Å². The molecule has 1 aliphatic rings. The molecule has 0 unspecified atom stereocenters. The lowest BCUT2D eigenvalue weighted by Gasteiger charge is -2.31. The van der Waals surface area contributed by atoms with E-state index >= 15 is 0 Å². The van der Waals surface area contributed by atoms with Gasteiger partial charge in [-0.2, -0.15) is 0 Å². The van der Waals surface area contributed by atoms with E-state index < -0.39 is 0 Å². The molecule has 8 heteroatoms. The third kappa shape index (κ3) is 5.24. The van der Waals surface area contributed by atoms with Crippen molar-refractivity contribution in [1.82, 2.24) is 30.4 Å². The topological polar surface area (TPSA) is 75.9 Å². The number of carbonyl (C=O) groups excluding carboxylic acids is 1. The molecular formula is C14H26N6OS. The molecule has 7 nitrogen and oxygen atoms in total. The van der Waals surface area contributed by atoms with Crippen molar-refractivity contribution in [2.24, 2.45) is 5.92 Å². The molecule has 0 bridgehead atoms. The molecule has 0 radical (unpaired) electrons. The second-order valence-electron chi connectivity index (χ2n) is 6.10. The summed E-state index contributed by atoms with van der Waals surface area (Å²) in [5, 5.41) is 15.5. The van der Waals surface area contributed by atoms with Crippen molar-refractivity contribution < 1.29 is 4.79 Å². The van der Waals surface area contributed by atoms with Crippen LogP contribution in [-0.4, -0.2) is 62.4 Å². The molecular weight excluding hydrogens is 300 g/mol. The van der Waals surface area contributed by atoms with E-state index in [4.69, 9.17) is 0 Å². The average Bonchev–Trinajstić information content (AvgIpc) is 2.92. The van der Waals surface area contributed by atoms with Crippen molar-refractivity contribution in [3.63, 3.8) is 0 Å². The van der Waals surface area contributed by atoms with Crippen LogP contribution >= 0.6 is 11.8 Å². The van der Waals surface area contributed by atoms with E-state index in [2.05, 4.69) is 46.5 Å². The van der Waals surface area contributed by atoms with Crippen molar-refractivity contribution >= 4 is 17.7 Å². The predicted molar refractivity (Wildman–Crippen MR) is 86.7 cm³/mol. The Hall–Kier alpha value is -1.15. The van der Waals surface area contributed by atoms with E-state index in [1.807, 2.05) is 0 Å². The average molecular weight is 326 g/mol. The lowest BCUT2D eigenvalue weighted by molar-refractivity contribution is -0.119. The first-order valence-corrected chi connectivity index (χ1v) is 8.97. The van der Waals surface area contributed by atoms with E-state index in [0.29, 0.717) is 22.9 Å². The summed E-state index contributed by atoms with van der Waals surface area (Å²) in [6, 6.07) is 0.308. The van der Waals surface area contributed by atoms with Gasteiger partial charge in [-0.25, -0.2) is 4.68 Å². The zero-order chi connectivity index (χ0) is 15.9. The first-order chi connectivity index (χ1) is 10.6. The quantitative estimate of drug-likeness (QED) is 0.754. The minimum absolute atomic E-state index is 0.0686. The molecule has 1 N–H and O–H groups in total. The Labute approximate surface area is 136 Å². The largest absolute Gasteiger partial charge is 0.353 e. The Morgan fingerprint density at radius 1 is 1.41 bits per heavy atom. The van der Waals surface area contributed by atoms with Crippen LogP contribution in [0.1, 0.15) is 33.6 Å². The molecule has 1 saturated heterocycles. The molecule has 1 amide bonds. The van der Waals surface area contributed by atoms with Gasteiger partial charge in [-0.3, -0.25) is 4.79 Å². The van der Waals surface area contributed by atoms with Crippen molar-refractivity contribution in [2.45, 2.75) is 51.4 Å². The first-order valence-electron chi connectivity index (χ1n) is 7.99. The number of amides is 1. The van der Waals surface area contributed by atoms with Crippen LogP contribution in [0.25, 0.3) is 0 Å². The van der Waals surface area contributed by atoms with Crippen LogP contribution in [0, 0.1) is 5.92 Å². The van der Waals surface area contributed by atoms with E-state index in [1.54, 1.807) is 4.68 Å². The fraction of sp³-hybridized carbons (Fsp3) is 0.857. The van der Waals surface area contributed by atoms with E-state index in [9.17, 15) is 4.79 Å². The van der Waals surface area contributed by atoms with Gasteiger partial charge in [-0.05, 0) is 35.7 Å². The summed E-state index contributed by atoms with van der Waals surface area (Å²) in [6.45, 7) is 10.4. The highest BCUT2D eigenvalue weighted by molar-refractivity contribution is 7.99. The van der Waals surface area contributed by atoms with Crippen LogP contribution in [0.2, 0.25) is 0 Å². The number of carbonyl (C=O) groups is 1. The summed E-state index contributed by atoms with van der Waals surface area (Å²) in [6.07, 6.45) is 2.07. The number of hydrogen-bond acceptors (Lipinski definition) is 6. The molecule has 1 aromatic heterocycles. The maximum atomic E-state index is 12.1. The van der Waals surface area contributed by atoms with Gasteiger partial charge in [0.1, 0.15) is 0 Å². The summed E-state index contributed by atoms with van der Waals surface area (Å²) in [5.74, 6) is 0.909. The number of hydrogen-bond donors (Lipinski definition) is 1. The highest BCUT2D eigenvalue weighted by atomic mass is 32.2. The zero-order valence-corrected chi connectivity index (χ0v) is 14.5. The van der Waals surface area contributed by atoms with Gasteiger partial charge in [-0.1, -0.05) is 32.5 Å². The van der Waals surface area contributed by atoms with Gasteiger partial charge in [0.25, 0.3) is 0 Å². The number of tetrazole rings is 1. The number of nitrogens with one attached hydrogen (secondary N) is 1. The summed E-state index contributed by atoms with van der Waals surface area (Å²) >= 11 is 1.40. The number of piperidine rings is 1. The number of likely N-dealkylation sites (tertiary alicyclic amines) is 1. The standard InChI is InChI=1S/C14H26N6OS/c1-4-19-7-5-12(6-8-19)15-13(21)10-22-14-16-17-18-20(14)9-11(2)3/h11-12H,4-10H2,1-3H3,(H,15,21). The maximum Gasteiger partial charge on any atom is 0.230 e. The molecule has 1 aliphatic heterocycles. The Balaban J connectivity index is 1.73. The van der Waals surface area contributed by atoms with E-state index in [-0.39, 0.29) is 5.91 Å². The summed E-state index contributed by atoms with van der Waals surface area (Å²) in [7, 11) is 0. The predicted octanol–water partition coefficient (Wildman–Crippen LogP) is 1.02. The van der Waals surface area contributed by atoms with Crippen LogP contribution < -0.4 is 5.32 Å². The fourth-order valence-electron chi connectivity index (χ4n) is 2.55. The Bertz CT molecular complexity index is 470. The molecule has 0 aromatic carbocycles. The number of aromatic nitrogens is 4. The molecule has 22 heavy (non-hydrogen) atoms. The Morgan fingerprint density at radius 3 is 2.77 bits per heavy atom. The normalized spacial score (nSPS) is 17.1. The van der Waals surface area contributed by atoms with E-state index in [1.165, 1.54) is 11.8 Å². The van der Waals surface area contributed by atoms with Crippen molar-refractivity contribution in [3.8, 4) is 0 Å². The van der Waals surface area contributed by atoms with Gasteiger partial charge in [0.2, 0.25) is 11.1 Å². The highest BCUT2D eigenvalue weighted by Crippen LogP contribution is 2.15. The first kappa shape index (κ1) is 17.2. The van der Waals surface area contributed by atoms with Crippen LogP contribution in [0.5, 0.6) is 0 Å². The van der Waals surface area contributed by atoms with Gasteiger partial charge >= 0.3 is 0 Å². The summed E-state index contributed by atoms with van der Waals surface area (Å²) < 4.78 is 1.77. The van der Waals surface area contributed by atoms with Gasteiger partial charge in [0.15, 0.2) is 0 Å². The zero-order valence-electron chi connectivity index (χ0n) is 13.7. The molecule has 0 spiro atoms. The van der Waals surface area contributed by atoms with Gasteiger partial charge in [-0.15, -0.1) is 5.10 Å². The van der Waals surface area contributed by atoms with Crippen LogP contribution in [0.3, 0.4) is 0 Å². The summed E-state index contributed by atoms with van der Waals surface area (Å²) in [5.41, 5.74) is 0. The molecule has 124 valence electrons. The highest BCUT2D eigenvalue weighted by Gasteiger charge is 2.20. The molecule has 0 atom stereocenters. The molecule has 2 rings (SSSR count). The minimum Gasteiger partial charge on any atom is -0.353 e. The van der Waals surface area contributed by atoms with Crippen LogP contribution in [0.15, 0.2) is 5.16 Å². The molecule has 0 saturated carbocycles. The molecule has 2 heterocycles. The van der Waals surface area contributed by atoms with Crippen LogP contribution in [-0.2, 0) is 11.3 Å². The smallest absolute Gasteiger partial charge is 0.230 e. The Kier molecular flexibility index (Phi) is 6.63. The lowest BCUT2D eigenvalue weighted by atomic mass is 10.1. The maximum absolute atomic E-state index is 12.1. The molecule has 1 fully saturated rings. The number of nitrogens with zero attached hydrogens (tertiary/aromatic N) is 5. The van der Waals surface area contributed by atoms with Crippen molar-refractivity contribution in [3.05, 3.63) is 0 Å². The van der Waals surface area contributed by atoms with Crippen molar-refractivity contribution in [1.29, 1.82) is 0 Å². The third-order valence-electron chi connectivity index (χ3n) is 3.77. The van der Waals surface area contributed by atoms with E-state index in [0.717, 1.165) is 39.0 Å². The summed E-state index contributed by atoms with van der Waals surface area (Å²) in [4.78, 5) is 14.5. The third-order valence-corrected chi connectivity index (χ3v) is 4.73. The lowest BCUT2D eigenvalue weighted by Crippen LogP contribution is -2.45. The second-order valence-corrected chi connectivity index (χ2v) is 7.04. The van der Waals surface area contributed by atoms with Gasteiger partial charge in [0.05, 0.1) is 5.75 Å².